The molecule has 0 aromatic heterocycles. The van der Waals surface area contributed by atoms with Crippen molar-refractivity contribution in [3.8, 4) is 0 Å². The molecular formula is C13H28Li. The fourth-order valence-electron chi connectivity index (χ4n) is 1.74. The molecule has 0 aromatic rings. The Bertz CT molecular complexity index is 71.3. The minimum Gasteiger partial charge on any atom is -0.0654 e. The molecule has 0 aromatic carbocycles. The van der Waals surface area contributed by atoms with Gasteiger partial charge in [-0.3, -0.25) is 0 Å². The van der Waals surface area contributed by atoms with Crippen LogP contribution in [0.25, 0.3) is 0 Å². The third-order valence-electron chi connectivity index (χ3n) is 2.71. The maximum absolute atomic E-state index is 2.28. The van der Waals surface area contributed by atoms with Crippen molar-refractivity contribution in [3.05, 3.63) is 0 Å². The van der Waals surface area contributed by atoms with Gasteiger partial charge < -0.3 is 0 Å². The van der Waals surface area contributed by atoms with Crippen LogP contribution in [0.5, 0.6) is 0 Å². The van der Waals surface area contributed by atoms with Crippen LogP contribution in [0.1, 0.15) is 84.5 Å². The zero-order chi connectivity index (χ0) is 9.78. The van der Waals surface area contributed by atoms with Gasteiger partial charge in [-0.2, -0.15) is 0 Å². The molecule has 81 valence electrons. The quantitative estimate of drug-likeness (QED) is 0.339. The summed E-state index contributed by atoms with van der Waals surface area (Å²) in [6.07, 6.45) is 15.9. The van der Waals surface area contributed by atoms with E-state index in [1.807, 2.05) is 0 Å². The van der Waals surface area contributed by atoms with E-state index in [2.05, 4.69) is 13.8 Å². The summed E-state index contributed by atoms with van der Waals surface area (Å²) in [5.74, 6) is 0. The largest absolute Gasteiger partial charge is 0.0654 e. The first-order valence-electron chi connectivity index (χ1n) is 6.41. The standard InChI is InChI=1S/C13H28.Li/c1-3-5-7-9-11-13-12-10-8-6-4-2;/h3-13H2,1-2H3;. The van der Waals surface area contributed by atoms with Crippen LogP contribution in [-0.4, -0.2) is 18.9 Å². The van der Waals surface area contributed by atoms with E-state index < -0.39 is 0 Å². The number of hydrogen-bond donors (Lipinski definition) is 0. The molecule has 0 atom stereocenters. The molecule has 0 aliphatic heterocycles. The van der Waals surface area contributed by atoms with Crippen LogP contribution in [-0.2, 0) is 0 Å². The summed E-state index contributed by atoms with van der Waals surface area (Å²) in [4.78, 5) is 0. The van der Waals surface area contributed by atoms with Crippen molar-refractivity contribution in [1.29, 1.82) is 0 Å². The van der Waals surface area contributed by atoms with Crippen LogP contribution in [0.2, 0.25) is 0 Å². The first-order chi connectivity index (χ1) is 6.41. The Balaban J connectivity index is 0. The summed E-state index contributed by atoms with van der Waals surface area (Å²) in [5, 5.41) is 0. The molecule has 0 saturated heterocycles. The van der Waals surface area contributed by atoms with Crippen molar-refractivity contribution in [2.75, 3.05) is 0 Å². The van der Waals surface area contributed by atoms with E-state index in [-0.39, 0.29) is 18.9 Å². The van der Waals surface area contributed by atoms with Crippen LogP contribution in [0.3, 0.4) is 0 Å². The number of unbranched alkanes of at least 4 members (excludes halogenated alkanes) is 10. The smallest absolute Gasteiger partial charge is 0 e. The molecule has 0 spiro atoms. The molecule has 14 heavy (non-hydrogen) atoms. The van der Waals surface area contributed by atoms with Crippen LogP contribution < -0.4 is 0 Å². The molecule has 0 unspecified atom stereocenters. The average molecular weight is 191 g/mol. The fourth-order valence-corrected chi connectivity index (χ4v) is 1.74. The molecule has 0 fully saturated rings. The number of rotatable bonds is 10. The predicted molar refractivity (Wildman–Crippen MR) is 67.9 cm³/mol. The van der Waals surface area contributed by atoms with Gasteiger partial charge in [-0.05, 0) is 0 Å². The van der Waals surface area contributed by atoms with Gasteiger partial charge in [0.1, 0.15) is 0 Å². The van der Waals surface area contributed by atoms with E-state index in [9.17, 15) is 0 Å². The third kappa shape index (κ3) is 15.1. The molecule has 0 amide bonds. The molecule has 0 heterocycles. The summed E-state index contributed by atoms with van der Waals surface area (Å²) in [7, 11) is 0. The number of hydrogen-bond acceptors (Lipinski definition) is 0. The van der Waals surface area contributed by atoms with Crippen molar-refractivity contribution >= 4 is 18.9 Å². The summed E-state index contributed by atoms with van der Waals surface area (Å²) < 4.78 is 0. The predicted octanol–water partition coefficient (Wildman–Crippen LogP) is 4.94. The van der Waals surface area contributed by atoms with Gasteiger partial charge >= 0.3 is 0 Å². The molecular weight excluding hydrogens is 163 g/mol. The fraction of sp³-hybridized carbons (Fsp3) is 1.00. The Morgan fingerprint density at radius 3 is 0.857 bits per heavy atom. The summed E-state index contributed by atoms with van der Waals surface area (Å²) in [6, 6.07) is 0. The first-order valence-corrected chi connectivity index (χ1v) is 6.41. The van der Waals surface area contributed by atoms with Gasteiger partial charge in [-0.25, -0.2) is 0 Å². The van der Waals surface area contributed by atoms with Gasteiger partial charge in [0.25, 0.3) is 0 Å². The van der Waals surface area contributed by atoms with Crippen molar-refractivity contribution < 1.29 is 0 Å². The molecule has 1 radical (unpaired) electrons. The Morgan fingerprint density at radius 2 is 0.643 bits per heavy atom. The zero-order valence-corrected chi connectivity index (χ0v) is 10.8. The Labute approximate surface area is 103 Å². The van der Waals surface area contributed by atoms with Gasteiger partial charge in [0.2, 0.25) is 0 Å². The van der Waals surface area contributed by atoms with Crippen LogP contribution in [0, 0.1) is 0 Å². The zero-order valence-electron chi connectivity index (χ0n) is 10.8. The third-order valence-corrected chi connectivity index (χ3v) is 2.71. The van der Waals surface area contributed by atoms with E-state index in [1.165, 1.54) is 70.6 Å². The Morgan fingerprint density at radius 1 is 0.429 bits per heavy atom. The minimum atomic E-state index is 0. The molecule has 0 nitrogen and oxygen atoms in total. The Hall–Kier alpha value is 0.597. The second-order valence-corrected chi connectivity index (χ2v) is 4.18. The van der Waals surface area contributed by atoms with Crippen LogP contribution >= 0.6 is 0 Å². The van der Waals surface area contributed by atoms with Crippen molar-refractivity contribution in [2.24, 2.45) is 0 Å². The summed E-state index contributed by atoms with van der Waals surface area (Å²) in [5.41, 5.74) is 0. The SMILES string of the molecule is CCCCCCCCCCCCC.[Li]. The van der Waals surface area contributed by atoms with E-state index in [4.69, 9.17) is 0 Å². The minimum absolute atomic E-state index is 0. The molecule has 0 aliphatic rings. The average Bonchev–Trinajstić information content (AvgIpc) is 2.16. The molecule has 0 rings (SSSR count). The second kappa shape index (κ2) is 16.0. The van der Waals surface area contributed by atoms with Gasteiger partial charge in [0.05, 0.1) is 0 Å². The summed E-state index contributed by atoms with van der Waals surface area (Å²) in [6.45, 7) is 4.56. The van der Waals surface area contributed by atoms with Crippen molar-refractivity contribution in [1.82, 2.24) is 0 Å². The maximum Gasteiger partial charge on any atom is 0 e. The molecule has 0 N–H and O–H groups in total. The van der Waals surface area contributed by atoms with Crippen LogP contribution in [0.15, 0.2) is 0 Å². The van der Waals surface area contributed by atoms with Gasteiger partial charge in [0.15, 0.2) is 0 Å². The van der Waals surface area contributed by atoms with E-state index >= 15 is 0 Å². The maximum atomic E-state index is 2.28. The second-order valence-electron chi connectivity index (χ2n) is 4.18. The van der Waals surface area contributed by atoms with E-state index in [1.54, 1.807) is 0 Å². The van der Waals surface area contributed by atoms with E-state index in [0.717, 1.165) is 0 Å². The Kier molecular flexibility index (Phi) is 19.5. The van der Waals surface area contributed by atoms with Crippen molar-refractivity contribution in [2.45, 2.75) is 84.5 Å². The molecule has 0 aliphatic carbocycles. The van der Waals surface area contributed by atoms with Gasteiger partial charge in [-0.1, -0.05) is 84.5 Å². The first kappa shape index (κ1) is 17.0. The molecule has 1 heteroatoms. The molecule has 0 saturated carbocycles. The van der Waals surface area contributed by atoms with Gasteiger partial charge in [-0.15, -0.1) is 0 Å². The van der Waals surface area contributed by atoms with Crippen LogP contribution in [0.4, 0.5) is 0 Å². The van der Waals surface area contributed by atoms with Crippen molar-refractivity contribution in [3.63, 3.8) is 0 Å². The van der Waals surface area contributed by atoms with E-state index in [0.29, 0.717) is 0 Å². The monoisotopic (exact) mass is 191 g/mol. The topological polar surface area (TPSA) is 0 Å². The van der Waals surface area contributed by atoms with Gasteiger partial charge in [0, 0.05) is 18.9 Å². The molecule has 0 bridgehead atoms. The normalized spacial score (nSPS) is 9.86. The summed E-state index contributed by atoms with van der Waals surface area (Å²) >= 11 is 0.